The van der Waals surface area contributed by atoms with Crippen LogP contribution in [0, 0.1) is 47.4 Å². The Morgan fingerprint density at radius 1 is 0.147 bits per heavy atom. The van der Waals surface area contributed by atoms with Crippen LogP contribution in [0.25, 0.3) is 153 Å². The predicted octanol–water partition coefficient (Wildman–Crippen LogP) is 26.1. The standard InChI is InChI=1S/2C50H27Cl/c2*51-50-42-27-15-14-26-39(42)43(34-20-8-3-9-21-34)47-45-37-24-12-10-22-35(37)40(30-28-32-16-4-1-5-17-32)44-41(31-29-33-18-6-2-7-19-33)36-23-11-13-25-38(36)46(48(44)45)49(47)50/h2*1-27H. The lowest BCUT2D eigenvalue weighted by molar-refractivity contribution is 1.64. The Morgan fingerprint density at radius 3 is 0.598 bits per heavy atom. The van der Waals surface area contributed by atoms with Gasteiger partial charge in [0.1, 0.15) is 0 Å². The van der Waals surface area contributed by atoms with Crippen molar-refractivity contribution < 1.29 is 0 Å². The van der Waals surface area contributed by atoms with E-state index in [4.69, 9.17) is 23.2 Å². The molecule has 2 heteroatoms. The van der Waals surface area contributed by atoms with E-state index < -0.39 is 0 Å². The topological polar surface area (TPSA) is 0 Å². The molecule has 0 fully saturated rings. The summed E-state index contributed by atoms with van der Waals surface area (Å²) in [6, 6.07) is 114. The van der Waals surface area contributed by atoms with Gasteiger partial charge in [0.2, 0.25) is 0 Å². The zero-order valence-electron chi connectivity index (χ0n) is 54.9. The van der Waals surface area contributed by atoms with Crippen LogP contribution in [0.3, 0.4) is 0 Å². The van der Waals surface area contributed by atoms with E-state index in [0.717, 1.165) is 174 Å². The van der Waals surface area contributed by atoms with E-state index in [1.807, 2.05) is 72.8 Å². The minimum atomic E-state index is 0.770. The maximum atomic E-state index is 7.68. The second-order valence-electron chi connectivity index (χ2n) is 25.8. The Morgan fingerprint density at radius 2 is 0.343 bits per heavy atom. The maximum absolute atomic E-state index is 7.68. The Kier molecular flexibility index (Phi) is 14.7. The molecular formula is C100H54Cl2. The van der Waals surface area contributed by atoms with Gasteiger partial charge in [-0.05, 0) is 136 Å². The Hall–Kier alpha value is -13.1. The highest BCUT2D eigenvalue weighted by Gasteiger charge is 2.37. The smallest absolute Gasteiger partial charge is 0.0569 e. The minimum absolute atomic E-state index is 0.770. The van der Waals surface area contributed by atoms with Crippen LogP contribution in [0.2, 0.25) is 10.0 Å². The zero-order valence-corrected chi connectivity index (χ0v) is 56.4. The van der Waals surface area contributed by atoms with Gasteiger partial charge in [-0.2, -0.15) is 0 Å². The van der Waals surface area contributed by atoms with Crippen LogP contribution in [0.1, 0.15) is 44.5 Å². The first-order valence-corrected chi connectivity index (χ1v) is 35.1. The third-order valence-electron chi connectivity index (χ3n) is 20.2. The van der Waals surface area contributed by atoms with E-state index in [1.165, 1.54) is 33.4 Å². The van der Waals surface area contributed by atoms with Crippen molar-refractivity contribution in [3.63, 3.8) is 0 Å². The van der Waals surface area contributed by atoms with Gasteiger partial charge in [0.25, 0.3) is 0 Å². The second-order valence-corrected chi connectivity index (χ2v) is 26.6. The largest absolute Gasteiger partial charge is 0.0830 e. The predicted molar refractivity (Wildman–Crippen MR) is 432 cm³/mol. The van der Waals surface area contributed by atoms with Gasteiger partial charge < -0.3 is 0 Å². The average Bonchev–Trinajstić information content (AvgIpc) is 1.52. The summed E-state index contributed by atoms with van der Waals surface area (Å²) in [5.41, 5.74) is 21.7. The molecule has 0 nitrogen and oxygen atoms in total. The average molecular weight is 1330 g/mol. The Labute approximate surface area is 601 Å². The molecule has 18 aromatic rings. The van der Waals surface area contributed by atoms with E-state index in [-0.39, 0.29) is 0 Å². The van der Waals surface area contributed by atoms with Crippen molar-refractivity contribution >= 4 is 109 Å². The first-order chi connectivity index (χ1) is 50.6. The van der Waals surface area contributed by atoms with Crippen LogP contribution in [0.5, 0.6) is 0 Å². The molecule has 18 aromatic carbocycles. The SMILES string of the molecule is Clc1c2c(c(-c3ccccc3)c3ccccc13)-c1c3ccccc3c(C#Cc3ccccc3)c3c(C#Cc4ccccc4)c4ccccc4c-2c13.Clc1c2c(c(-c3ccccc3)c3ccccc13)-c1c3ccccc3c(C#Cc3ccccc3)c3c(C#Cc4ccccc4)c4ccccc4c-2c13. The van der Waals surface area contributed by atoms with Crippen LogP contribution < -0.4 is 0 Å². The van der Waals surface area contributed by atoms with Crippen molar-refractivity contribution in [3.05, 3.63) is 382 Å². The van der Waals surface area contributed by atoms with Crippen molar-refractivity contribution in [1.82, 2.24) is 0 Å². The molecule has 0 saturated heterocycles. The summed E-state index contributed by atoms with van der Waals surface area (Å²) < 4.78 is 0. The molecule has 0 spiro atoms. The summed E-state index contributed by atoms with van der Waals surface area (Å²) in [6.07, 6.45) is 0. The summed E-state index contributed by atoms with van der Waals surface area (Å²) in [6.45, 7) is 0. The summed E-state index contributed by atoms with van der Waals surface area (Å²) in [5.74, 6) is 28.9. The Balaban J connectivity index is 0.000000141. The normalized spacial score (nSPS) is 11.3. The molecule has 20 rings (SSSR count). The number of hydrogen-bond donors (Lipinski definition) is 0. The van der Waals surface area contributed by atoms with Crippen LogP contribution in [-0.2, 0) is 0 Å². The fourth-order valence-corrected chi connectivity index (χ4v) is 16.7. The molecule has 0 aromatic heterocycles. The minimum Gasteiger partial charge on any atom is -0.0830 e. The third kappa shape index (κ3) is 9.71. The monoisotopic (exact) mass is 1320 g/mol. The molecule has 0 saturated carbocycles. The van der Waals surface area contributed by atoms with Crippen molar-refractivity contribution in [3.8, 4) is 114 Å². The highest BCUT2D eigenvalue weighted by molar-refractivity contribution is 6.47. The molecule has 2 aliphatic rings. The van der Waals surface area contributed by atoms with Gasteiger partial charge in [-0.15, -0.1) is 0 Å². The fourth-order valence-electron chi connectivity index (χ4n) is 16.0. The molecular weight excluding hydrogens is 1270 g/mol. The van der Waals surface area contributed by atoms with Crippen molar-refractivity contribution in [2.24, 2.45) is 0 Å². The number of hydrogen-bond acceptors (Lipinski definition) is 0. The molecule has 0 atom stereocenters. The molecule has 102 heavy (non-hydrogen) atoms. The van der Waals surface area contributed by atoms with Gasteiger partial charge in [-0.3, -0.25) is 0 Å². The van der Waals surface area contributed by atoms with Crippen LogP contribution in [-0.4, -0.2) is 0 Å². The Bertz CT molecular complexity index is 6300. The molecule has 0 amide bonds. The molecule has 0 aliphatic heterocycles. The number of fused-ring (bicyclic) bond motifs is 16. The molecule has 0 N–H and O–H groups in total. The zero-order chi connectivity index (χ0) is 67.8. The highest BCUT2D eigenvalue weighted by atomic mass is 35.5. The second kappa shape index (κ2) is 25.0. The van der Waals surface area contributed by atoms with Crippen molar-refractivity contribution in [2.45, 2.75) is 0 Å². The quantitative estimate of drug-likeness (QED) is 0.120. The fraction of sp³-hybridized carbons (Fsp3) is 0. The van der Waals surface area contributed by atoms with E-state index in [1.54, 1.807) is 0 Å². The summed E-state index contributed by atoms with van der Waals surface area (Å²) in [7, 11) is 0. The maximum Gasteiger partial charge on any atom is 0.0569 e. The summed E-state index contributed by atoms with van der Waals surface area (Å²) in [5, 5.41) is 19.3. The van der Waals surface area contributed by atoms with Crippen LogP contribution in [0.4, 0.5) is 0 Å². The lowest BCUT2D eigenvalue weighted by Gasteiger charge is -2.18. The summed E-state index contributed by atoms with van der Waals surface area (Å²) in [4.78, 5) is 0. The van der Waals surface area contributed by atoms with Crippen LogP contribution in [0.15, 0.2) is 328 Å². The third-order valence-corrected chi connectivity index (χ3v) is 21.0. The van der Waals surface area contributed by atoms with Gasteiger partial charge in [-0.1, -0.05) is 350 Å². The van der Waals surface area contributed by atoms with Gasteiger partial charge in [0.05, 0.1) is 10.0 Å². The number of rotatable bonds is 2. The van der Waals surface area contributed by atoms with Crippen molar-refractivity contribution in [1.29, 1.82) is 0 Å². The highest BCUT2D eigenvalue weighted by Crippen LogP contribution is 2.64. The molecule has 0 unspecified atom stereocenters. The molecule has 2 aliphatic carbocycles. The molecule has 468 valence electrons. The van der Waals surface area contributed by atoms with E-state index in [9.17, 15) is 0 Å². The van der Waals surface area contributed by atoms with E-state index >= 15 is 0 Å². The van der Waals surface area contributed by atoms with E-state index in [0.29, 0.717) is 0 Å². The van der Waals surface area contributed by atoms with E-state index in [2.05, 4.69) is 302 Å². The number of benzene rings is 18. The summed E-state index contributed by atoms with van der Waals surface area (Å²) >= 11 is 15.4. The lowest BCUT2D eigenvalue weighted by atomic mass is 9.85. The lowest BCUT2D eigenvalue weighted by Crippen LogP contribution is -1.94. The van der Waals surface area contributed by atoms with Crippen LogP contribution >= 0.6 is 23.2 Å². The first kappa shape index (κ1) is 60.1. The van der Waals surface area contributed by atoms with Gasteiger partial charge in [0.15, 0.2) is 0 Å². The molecule has 0 bridgehead atoms. The van der Waals surface area contributed by atoms with Gasteiger partial charge in [-0.25, -0.2) is 0 Å². The van der Waals surface area contributed by atoms with Gasteiger partial charge >= 0.3 is 0 Å². The molecule has 0 heterocycles. The first-order valence-electron chi connectivity index (χ1n) is 34.3. The number of halogens is 2. The van der Waals surface area contributed by atoms with Crippen molar-refractivity contribution in [2.75, 3.05) is 0 Å². The molecule has 0 radical (unpaired) electrons. The van der Waals surface area contributed by atoms with Gasteiger partial charge in [0, 0.05) is 110 Å².